The summed E-state index contributed by atoms with van der Waals surface area (Å²) in [4.78, 5) is 22.5. The molecule has 0 bridgehead atoms. The third kappa shape index (κ3) is 1.92. The summed E-state index contributed by atoms with van der Waals surface area (Å²) in [7, 11) is 0. The van der Waals surface area contributed by atoms with Crippen molar-refractivity contribution in [3.05, 3.63) is 12.2 Å². The molecule has 1 fully saturated rings. The van der Waals surface area contributed by atoms with Gasteiger partial charge in [-0.1, -0.05) is 0 Å². The van der Waals surface area contributed by atoms with Crippen LogP contribution in [0.5, 0.6) is 0 Å². The maximum absolute atomic E-state index is 11.3. The second-order valence-electron chi connectivity index (χ2n) is 3.34. The predicted octanol–water partition coefficient (Wildman–Crippen LogP) is -1.72. The van der Waals surface area contributed by atoms with Gasteiger partial charge >= 0.3 is 11.9 Å². The van der Waals surface area contributed by atoms with Crippen LogP contribution in [0.25, 0.3) is 0 Å². The van der Waals surface area contributed by atoms with Crippen molar-refractivity contribution >= 4 is 11.9 Å². The van der Waals surface area contributed by atoms with Gasteiger partial charge in [0.1, 0.15) is 6.61 Å². The van der Waals surface area contributed by atoms with Crippen LogP contribution in [-0.2, 0) is 23.8 Å². The summed E-state index contributed by atoms with van der Waals surface area (Å²) in [5.41, 5.74) is 0. The van der Waals surface area contributed by atoms with Crippen molar-refractivity contribution in [3.63, 3.8) is 0 Å². The topological polar surface area (TPSA) is 94.1 Å². The number of rotatable bonds is 1. The van der Waals surface area contributed by atoms with Crippen molar-refractivity contribution in [3.8, 4) is 0 Å². The number of aliphatic hydroxyl groups excluding tert-OH is 1. The molecule has 0 amide bonds. The first-order chi connectivity index (χ1) is 7.66. The molecule has 16 heavy (non-hydrogen) atoms. The summed E-state index contributed by atoms with van der Waals surface area (Å²) in [6.07, 6.45) is 0.876. The highest BCUT2D eigenvalue weighted by atomic mass is 16.8. The summed E-state index contributed by atoms with van der Waals surface area (Å²) < 4.78 is 15.1. The van der Waals surface area contributed by atoms with Crippen molar-refractivity contribution in [2.45, 2.75) is 12.0 Å². The first-order valence-corrected chi connectivity index (χ1v) is 4.76. The molecule has 2 rings (SSSR count). The number of esters is 2. The number of hydrogen-bond donors (Lipinski definition) is 2. The highest BCUT2D eigenvalue weighted by Gasteiger charge is 2.48. The molecule has 2 aliphatic rings. The van der Waals surface area contributed by atoms with Gasteiger partial charge in [-0.15, -0.1) is 0 Å². The largest absolute Gasteiger partial charge is 0.436 e. The monoisotopic (exact) mass is 229 g/mol. The van der Waals surface area contributed by atoms with Gasteiger partial charge in [-0.05, 0) is 0 Å². The molecule has 2 aliphatic heterocycles. The minimum atomic E-state index is -1.66. The molecule has 0 aliphatic carbocycles. The Balaban J connectivity index is 2.30. The second kappa shape index (κ2) is 4.20. The van der Waals surface area contributed by atoms with Gasteiger partial charge in [-0.3, -0.25) is 5.32 Å². The fraction of sp³-hybridized carbons (Fsp3) is 0.556. The van der Waals surface area contributed by atoms with Crippen LogP contribution < -0.4 is 5.32 Å². The normalized spacial score (nSPS) is 36.4. The predicted molar refractivity (Wildman–Crippen MR) is 48.9 cm³/mol. The number of nitrogens with one attached hydrogen (secondary N) is 1. The number of carbonyl (C=O) groups is 2. The molecule has 2 N–H and O–H groups in total. The van der Waals surface area contributed by atoms with Gasteiger partial charge in [0.15, 0.2) is 0 Å². The summed E-state index contributed by atoms with van der Waals surface area (Å²) in [5.74, 6) is -3.12. The maximum Gasteiger partial charge on any atom is 0.333 e. The highest BCUT2D eigenvalue weighted by molar-refractivity contribution is 5.92. The number of morpholine rings is 1. The SMILES string of the molecule is O=C1/C=C\C(=O)O[C@@]2(CO)OCCNC2O1. The molecule has 2 heterocycles. The van der Waals surface area contributed by atoms with Crippen LogP contribution in [0.3, 0.4) is 0 Å². The van der Waals surface area contributed by atoms with Crippen molar-refractivity contribution in [2.75, 3.05) is 19.8 Å². The Bertz CT molecular complexity index is 341. The van der Waals surface area contributed by atoms with Crippen LogP contribution >= 0.6 is 0 Å². The second-order valence-corrected chi connectivity index (χ2v) is 3.34. The van der Waals surface area contributed by atoms with E-state index in [1.165, 1.54) is 0 Å². The lowest BCUT2D eigenvalue weighted by Gasteiger charge is -2.41. The van der Waals surface area contributed by atoms with Crippen LogP contribution in [0, 0.1) is 0 Å². The van der Waals surface area contributed by atoms with E-state index in [9.17, 15) is 14.7 Å². The molecule has 0 aromatic rings. The number of hydrogen-bond acceptors (Lipinski definition) is 7. The Morgan fingerprint density at radius 1 is 1.44 bits per heavy atom. The third-order valence-corrected chi connectivity index (χ3v) is 2.26. The van der Waals surface area contributed by atoms with E-state index in [0.717, 1.165) is 12.2 Å². The van der Waals surface area contributed by atoms with Gasteiger partial charge in [0.25, 0.3) is 5.79 Å². The van der Waals surface area contributed by atoms with Gasteiger partial charge in [-0.2, -0.15) is 0 Å². The zero-order valence-electron chi connectivity index (χ0n) is 8.34. The van der Waals surface area contributed by atoms with Crippen LogP contribution in [0.4, 0.5) is 0 Å². The van der Waals surface area contributed by atoms with Crippen LogP contribution in [0.1, 0.15) is 0 Å². The lowest BCUT2D eigenvalue weighted by molar-refractivity contribution is -0.304. The average molecular weight is 229 g/mol. The number of aliphatic hydroxyl groups is 1. The molecular formula is C9H11NO6. The minimum absolute atomic E-state index is 0.242. The molecule has 0 spiro atoms. The molecule has 2 atom stereocenters. The fourth-order valence-corrected chi connectivity index (χ4v) is 1.52. The summed E-state index contributed by atoms with van der Waals surface area (Å²) >= 11 is 0. The number of fused-ring (bicyclic) bond motifs is 1. The van der Waals surface area contributed by atoms with Gasteiger partial charge < -0.3 is 19.3 Å². The van der Waals surface area contributed by atoms with E-state index in [2.05, 4.69) is 5.32 Å². The zero-order chi connectivity index (χ0) is 11.6. The molecular weight excluding hydrogens is 218 g/mol. The number of ether oxygens (including phenoxy) is 3. The van der Waals surface area contributed by atoms with Crippen molar-refractivity contribution in [1.82, 2.24) is 5.32 Å². The molecule has 88 valence electrons. The summed E-state index contributed by atoms with van der Waals surface area (Å²) in [6, 6.07) is 0. The molecule has 1 saturated heterocycles. The smallest absolute Gasteiger partial charge is 0.333 e. The Morgan fingerprint density at radius 3 is 2.94 bits per heavy atom. The molecule has 7 heteroatoms. The Morgan fingerprint density at radius 2 is 2.19 bits per heavy atom. The van der Waals surface area contributed by atoms with E-state index in [1.54, 1.807) is 0 Å². The highest BCUT2D eigenvalue weighted by Crippen LogP contribution is 2.24. The van der Waals surface area contributed by atoms with Crippen LogP contribution in [0.15, 0.2) is 12.2 Å². The maximum atomic E-state index is 11.3. The Kier molecular flexibility index (Phi) is 2.90. The summed E-state index contributed by atoms with van der Waals surface area (Å²) in [5, 5.41) is 12.0. The summed E-state index contributed by atoms with van der Waals surface area (Å²) in [6.45, 7) is 0.0735. The quantitative estimate of drug-likeness (QED) is 0.516. The Hall–Kier alpha value is -1.44. The average Bonchev–Trinajstić information content (AvgIpc) is 2.27. The zero-order valence-corrected chi connectivity index (χ0v) is 8.34. The van der Waals surface area contributed by atoms with Crippen LogP contribution in [-0.4, -0.2) is 48.8 Å². The lowest BCUT2D eigenvalue weighted by atomic mass is 10.2. The van der Waals surface area contributed by atoms with Crippen LogP contribution in [0.2, 0.25) is 0 Å². The number of carbonyl (C=O) groups excluding carboxylic acids is 2. The van der Waals surface area contributed by atoms with E-state index in [0.29, 0.717) is 6.54 Å². The Labute approximate surface area is 91.0 Å². The van der Waals surface area contributed by atoms with E-state index in [-0.39, 0.29) is 6.61 Å². The molecule has 0 aromatic carbocycles. The first kappa shape index (κ1) is 11.1. The van der Waals surface area contributed by atoms with Crippen molar-refractivity contribution in [1.29, 1.82) is 0 Å². The van der Waals surface area contributed by atoms with Gasteiger partial charge in [-0.25, -0.2) is 9.59 Å². The van der Waals surface area contributed by atoms with Crippen molar-refractivity contribution in [2.24, 2.45) is 0 Å². The standard InChI is InChI=1S/C9H11NO6/c11-5-9-8(10-3-4-14-9)15-6(12)1-2-7(13)16-9/h1-2,8,10-11H,3-5H2/b2-1-/t8?,9-/m1/s1. The van der Waals surface area contributed by atoms with Gasteiger partial charge in [0, 0.05) is 18.7 Å². The minimum Gasteiger partial charge on any atom is -0.436 e. The van der Waals surface area contributed by atoms with Gasteiger partial charge in [0.2, 0.25) is 6.23 Å². The van der Waals surface area contributed by atoms with E-state index < -0.39 is 30.6 Å². The van der Waals surface area contributed by atoms with Crippen molar-refractivity contribution < 1.29 is 28.9 Å². The fourth-order valence-electron chi connectivity index (χ4n) is 1.52. The lowest BCUT2D eigenvalue weighted by Crippen LogP contribution is -2.64. The first-order valence-electron chi connectivity index (χ1n) is 4.76. The van der Waals surface area contributed by atoms with E-state index in [1.807, 2.05) is 0 Å². The molecule has 0 aromatic heterocycles. The van der Waals surface area contributed by atoms with Gasteiger partial charge in [0.05, 0.1) is 6.61 Å². The van der Waals surface area contributed by atoms with E-state index in [4.69, 9.17) is 14.2 Å². The molecule has 1 unspecified atom stereocenters. The van der Waals surface area contributed by atoms with E-state index >= 15 is 0 Å². The molecule has 0 radical (unpaired) electrons. The molecule has 0 saturated carbocycles. The molecule has 7 nitrogen and oxygen atoms in total. The third-order valence-electron chi connectivity index (χ3n) is 2.26.